The van der Waals surface area contributed by atoms with E-state index in [9.17, 15) is 0 Å². The molecule has 21 heavy (non-hydrogen) atoms. The minimum absolute atomic E-state index is 0.527. The topological polar surface area (TPSA) is 47.0 Å². The van der Waals surface area contributed by atoms with Gasteiger partial charge in [0.1, 0.15) is 5.75 Å². The van der Waals surface area contributed by atoms with E-state index in [1.54, 1.807) is 12.1 Å². The highest BCUT2D eigenvalue weighted by molar-refractivity contribution is 6.30. The van der Waals surface area contributed by atoms with Crippen molar-refractivity contribution in [2.24, 2.45) is 0 Å². The second-order valence-corrected chi connectivity index (χ2v) is 4.89. The molecule has 0 atom stereocenters. The zero-order chi connectivity index (χ0) is 14.7. The van der Waals surface area contributed by atoms with Crippen molar-refractivity contribution in [3.05, 3.63) is 53.6 Å². The lowest BCUT2D eigenvalue weighted by Crippen LogP contribution is -2.03. The lowest BCUT2D eigenvalue weighted by molar-refractivity contribution is 0.469. The largest absolute Gasteiger partial charge is 0.438 e. The van der Waals surface area contributed by atoms with Crippen molar-refractivity contribution >= 4 is 28.5 Å². The fraction of sp³-hybridized carbons (Fsp3) is 0.125. The van der Waals surface area contributed by atoms with E-state index in [2.05, 4.69) is 15.3 Å². The first-order chi connectivity index (χ1) is 10.3. The Labute approximate surface area is 127 Å². The van der Waals surface area contributed by atoms with Gasteiger partial charge in [0.15, 0.2) is 0 Å². The number of para-hydroxylation sites is 1. The molecule has 1 N–H and O–H groups in total. The average molecular weight is 300 g/mol. The number of anilines is 1. The van der Waals surface area contributed by atoms with Gasteiger partial charge in [-0.15, -0.1) is 0 Å². The SMILES string of the molecule is CCNc1nc(Oc2ccc(Cl)cc2)c2ccccc2n1. The molecule has 0 aliphatic heterocycles. The molecule has 0 aliphatic carbocycles. The molecule has 0 spiro atoms. The Bertz CT molecular complexity index is 759. The normalized spacial score (nSPS) is 10.6. The lowest BCUT2D eigenvalue weighted by Gasteiger charge is -2.10. The smallest absolute Gasteiger partial charge is 0.231 e. The van der Waals surface area contributed by atoms with Gasteiger partial charge in [-0.3, -0.25) is 0 Å². The van der Waals surface area contributed by atoms with Crippen molar-refractivity contribution in [1.82, 2.24) is 9.97 Å². The predicted octanol–water partition coefficient (Wildman–Crippen LogP) is 4.51. The van der Waals surface area contributed by atoms with Crippen LogP contribution in [0.1, 0.15) is 6.92 Å². The van der Waals surface area contributed by atoms with E-state index in [4.69, 9.17) is 16.3 Å². The maximum absolute atomic E-state index is 5.88. The molecule has 0 saturated carbocycles. The Kier molecular flexibility index (Phi) is 3.88. The van der Waals surface area contributed by atoms with Crippen LogP contribution in [0.2, 0.25) is 5.02 Å². The summed E-state index contributed by atoms with van der Waals surface area (Å²) in [6.07, 6.45) is 0. The van der Waals surface area contributed by atoms with Gasteiger partial charge in [-0.2, -0.15) is 4.98 Å². The molecule has 1 heterocycles. The van der Waals surface area contributed by atoms with Crippen molar-refractivity contribution in [2.75, 3.05) is 11.9 Å². The molecule has 3 rings (SSSR count). The summed E-state index contributed by atoms with van der Waals surface area (Å²) in [7, 11) is 0. The van der Waals surface area contributed by atoms with Crippen LogP contribution in [-0.2, 0) is 0 Å². The summed E-state index contributed by atoms with van der Waals surface area (Å²) in [6.45, 7) is 2.75. The van der Waals surface area contributed by atoms with Crippen molar-refractivity contribution in [3.8, 4) is 11.6 Å². The van der Waals surface area contributed by atoms with E-state index < -0.39 is 0 Å². The molecule has 0 saturated heterocycles. The molecule has 106 valence electrons. The molecule has 3 aromatic rings. The van der Waals surface area contributed by atoms with Gasteiger partial charge in [-0.05, 0) is 43.3 Å². The summed E-state index contributed by atoms with van der Waals surface area (Å²) < 4.78 is 5.88. The number of halogens is 1. The second-order valence-electron chi connectivity index (χ2n) is 4.46. The number of benzene rings is 2. The van der Waals surface area contributed by atoms with Crippen molar-refractivity contribution in [3.63, 3.8) is 0 Å². The highest BCUT2D eigenvalue weighted by Gasteiger charge is 2.09. The monoisotopic (exact) mass is 299 g/mol. The van der Waals surface area contributed by atoms with Crippen LogP contribution in [0.4, 0.5) is 5.95 Å². The van der Waals surface area contributed by atoms with Gasteiger partial charge in [0.2, 0.25) is 11.8 Å². The molecule has 1 aromatic heterocycles. The third kappa shape index (κ3) is 3.06. The van der Waals surface area contributed by atoms with Crippen LogP contribution >= 0.6 is 11.6 Å². The third-order valence-electron chi connectivity index (χ3n) is 2.93. The van der Waals surface area contributed by atoms with Crippen LogP contribution in [0.15, 0.2) is 48.5 Å². The van der Waals surface area contributed by atoms with E-state index >= 15 is 0 Å². The predicted molar refractivity (Wildman–Crippen MR) is 85.2 cm³/mol. The number of nitrogens with zero attached hydrogens (tertiary/aromatic N) is 2. The van der Waals surface area contributed by atoms with E-state index in [0.29, 0.717) is 22.6 Å². The summed E-state index contributed by atoms with van der Waals surface area (Å²) >= 11 is 5.88. The maximum Gasteiger partial charge on any atom is 0.231 e. The molecule has 2 aromatic carbocycles. The van der Waals surface area contributed by atoms with E-state index in [-0.39, 0.29) is 0 Å². The molecule has 0 aliphatic rings. The number of fused-ring (bicyclic) bond motifs is 1. The van der Waals surface area contributed by atoms with Gasteiger partial charge >= 0.3 is 0 Å². The van der Waals surface area contributed by atoms with Crippen molar-refractivity contribution in [2.45, 2.75) is 6.92 Å². The minimum Gasteiger partial charge on any atom is -0.438 e. The van der Waals surface area contributed by atoms with Crippen molar-refractivity contribution in [1.29, 1.82) is 0 Å². The summed E-state index contributed by atoms with van der Waals surface area (Å²) in [5.74, 6) is 1.77. The second kappa shape index (κ2) is 5.97. The van der Waals surface area contributed by atoms with Gasteiger partial charge in [-0.25, -0.2) is 4.98 Å². The zero-order valence-corrected chi connectivity index (χ0v) is 12.3. The van der Waals surface area contributed by atoms with Crippen LogP contribution in [-0.4, -0.2) is 16.5 Å². The van der Waals surface area contributed by atoms with Crippen LogP contribution in [0, 0.1) is 0 Å². The average Bonchev–Trinajstić information content (AvgIpc) is 2.50. The Hall–Kier alpha value is -2.33. The van der Waals surface area contributed by atoms with Gasteiger partial charge in [0.05, 0.1) is 10.9 Å². The van der Waals surface area contributed by atoms with Gasteiger partial charge < -0.3 is 10.1 Å². The summed E-state index contributed by atoms with van der Waals surface area (Å²) in [6, 6.07) is 14.9. The molecule has 0 fully saturated rings. The fourth-order valence-electron chi connectivity index (χ4n) is 1.98. The van der Waals surface area contributed by atoms with Crippen molar-refractivity contribution < 1.29 is 4.74 Å². The zero-order valence-electron chi connectivity index (χ0n) is 11.5. The standard InChI is InChI=1S/C16H14ClN3O/c1-2-18-16-19-14-6-4-3-5-13(14)15(20-16)21-12-9-7-11(17)8-10-12/h3-10H,2H2,1H3,(H,18,19,20). The molecule has 4 nitrogen and oxygen atoms in total. The molecule has 0 amide bonds. The minimum atomic E-state index is 0.527. The number of ether oxygens (including phenoxy) is 1. The van der Waals surface area contributed by atoms with Gasteiger partial charge in [-0.1, -0.05) is 23.7 Å². The Morgan fingerprint density at radius 3 is 2.57 bits per heavy atom. The lowest BCUT2D eigenvalue weighted by atomic mass is 10.2. The highest BCUT2D eigenvalue weighted by atomic mass is 35.5. The maximum atomic E-state index is 5.88. The molecular weight excluding hydrogens is 286 g/mol. The first kappa shape index (κ1) is 13.6. The van der Waals surface area contributed by atoms with Crippen LogP contribution in [0.5, 0.6) is 11.6 Å². The van der Waals surface area contributed by atoms with E-state index in [1.807, 2.05) is 43.3 Å². The Balaban J connectivity index is 2.04. The summed E-state index contributed by atoms with van der Waals surface area (Å²) in [5, 5.41) is 4.65. The van der Waals surface area contributed by atoms with Crippen LogP contribution < -0.4 is 10.1 Å². The summed E-state index contributed by atoms with van der Waals surface area (Å²) in [4.78, 5) is 8.89. The first-order valence-corrected chi connectivity index (χ1v) is 7.08. The van der Waals surface area contributed by atoms with Crippen LogP contribution in [0.25, 0.3) is 10.9 Å². The van der Waals surface area contributed by atoms with Gasteiger partial charge in [0, 0.05) is 11.6 Å². The highest BCUT2D eigenvalue weighted by Crippen LogP contribution is 2.29. The quantitative estimate of drug-likeness (QED) is 0.770. The Morgan fingerprint density at radius 2 is 1.81 bits per heavy atom. The van der Waals surface area contributed by atoms with Gasteiger partial charge in [0.25, 0.3) is 0 Å². The number of nitrogens with one attached hydrogen (secondary N) is 1. The molecule has 0 radical (unpaired) electrons. The molecule has 5 heteroatoms. The first-order valence-electron chi connectivity index (χ1n) is 6.70. The van der Waals surface area contributed by atoms with E-state index in [0.717, 1.165) is 17.4 Å². The summed E-state index contributed by atoms with van der Waals surface area (Å²) in [5.41, 5.74) is 0.840. The number of rotatable bonds is 4. The number of hydrogen-bond acceptors (Lipinski definition) is 4. The Morgan fingerprint density at radius 1 is 1.05 bits per heavy atom. The number of aromatic nitrogens is 2. The fourth-order valence-corrected chi connectivity index (χ4v) is 2.10. The molecular formula is C16H14ClN3O. The third-order valence-corrected chi connectivity index (χ3v) is 3.18. The molecule has 0 bridgehead atoms. The van der Waals surface area contributed by atoms with E-state index in [1.165, 1.54) is 0 Å². The van der Waals surface area contributed by atoms with Crippen LogP contribution in [0.3, 0.4) is 0 Å². The molecule has 0 unspecified atom stereocenters. The number of hydrogen-bond donors (Lipinski definition) is 1.